The highest BCUT2D eigenvalue weighted by Gasteiger charge is 2.42. The maximum absolute atomic E-state index is 11.8. The summed E-state index contributed by atoms with van der Waals surface area (Å²) in [7, 11) is 1.92. The third-order valence-corrected chi connectivity index (χ3v) is 6.25. The van der Waals surface area contributed by atoms with Gasteiger partial charge in [0.2, 0.25) is 0 Å². The lowest BCUT2D eigenvalue weighted by Crippen LogP contribution is -2.46. The van der Waals surface area contributed by atoms with Gasteiger partial charge in [0, 0.05) is 43.3 Å². The predicted molar refractivity (Wildman–Crippen MR) is 111 cm³/mol. The van der Waals surface area contributed by atoms with Gasteiger partial charge in [-0.25, -0.2) is 0 Å². The van der Waals surface area contributed by atoms with Gasteiger partial charge in [0.1, 0.15) is 17.7 Å². The van der Waals surface area contributed by atoms with E-state index < -0.39 is 6.23 Å². The van der Waals surface area contributed by atoms with Gasteiger partial charge in [0.05, 0.1) is 6.10 Å². The van der Waals surface area contributed by atoms with Crippen molar-refractivity contribution in [3.8, 4) is 11.5 Å². The van der Waals surface area contributed by atoms with Gasteiger partial charge in [0.25, 0.3) is 0 Å². The zero-order chi connectivity index (χ0) is 20.3. The Morgan fingerprint density at radius 1 is 1.29 bits per heavy atom. The molecule has 1 aliphatic carbocycles. The summed E-state index contributed by atoms with van der Waals surface area (Å²) >= 11 is 0. The molecular formula is C23H35NO4. The number of esters is 1. The summed E-state index contributed by atoms with van der Waals surface area (Å²) in [6.45, 7) is 5.71. The fourth-order valence-electron chi connectivity index (χ4n) is 4.84. The maximum Gasteiger partial charge on any atom is 0.308 e. The van der Waals surface area contributed by atoms with Crippen molar-refractivity contribution in [3.05, 3.63) is 17.7 Å². The van der Waals surface area contributed by atoms with Crippen molar-refractivity contribution in [2.24, 2.45) is 5.92 Å². The topological polar surface area (TPSA) is 59.0 Å². The number of aliphatic hydroxyl groups excluding tert-OH is 1. The Morgan fingerprint density at radius 3 is 2.75 bits per heavy atom. The second-order valence-electron chi connectivity index (χ2n) is 8.45. The SMILES string of the molecule is CCCCCC(C)Oc1cc(OC(C)=O)c2c(c1)N(C)[C@H](O)[C@@H]1CCCCC21. The second kappa shape index (κ2) is 9.17. The second-order valence-corrected chi connectivity index (χ2v) is 8.45. The molecule has 1 aromatic carbocycles. The van der Waals surface area contributed by atoms with Crippen LogP contribution in [0.1, 0.15) is 83.6 Å². The largest absolute Gasteiger partial charge is 0.491 e. The molecule has 4 atom stereocenters. The van der Waals surface area contributed by atoms with Crippen molar-refractivity contribution in [1.29, 1.82) is 0 Å². The minimum Gasteiger partial charge on any atom is -0.491 e. The van der Waals surface area contributed by atoms with Crippen molar-refractivity contribution in [3.63, 3.8) is 0 Å². The molecule has 1 fully saturated rings. The highest BCUT2D eigenvalue weighted by atomic mass is 16.5. The first-order valence-corrected chi connectivity index (χ1v) is 10.9. The number of rotatable bonds is 7. The molecule has 5 heteroatoms. The molecule has 0 radical (unpaired) electrons. The molecule has 0 saturated heterocycles. The molecule has 2 unspecified atom stereocenters. The van der Waals surface area contributed by atoms with Crippen LogP contribution in [0, 0.1) is 5.92 Å². The third-order valence-electron chi connectivity index (χ3n) is 6.25. The van der Waals surface area contributed by atoms with E-state index >= 15 is 0 Å². The van der Waals surface area contributed by atoms with Gasteiger partial charge in [-0.2, -0.15) is 0 Å². The lowest BCUT2D eigenvalue weighted by molar-refractivity contribution is -0.131. The van der Waals surface area contributed by atoms with Gasteiger partial charge >= 0.3 is 5.97 Å². The number of hydrogen-bond acceptors (Lipinski definition) is 5. The monoisotopic (exact) mass is 389 g/mol. The summed E-state index contributed by atoms with van der Waals surface area (Å²) in [5, 5.41) is 10.9. The van der Waals surface area contributed by atoms with Crippen LogP contribution in [0.2, 0.25) is 0 Å². The minimum absolute atomic E-state index is 0.0935. The first-order valence-electron chi connectivity index (χ1n) is 10.9. The standard InChI is InChI=1S/C23H35NO4/c1-5-6-7-10-15(2)27-17-13-20-22(21(14-17)28-16(3)25)18-11-8-9-12-19(18)23(26)24(20)4/h13-15,18-19,23,26H,5-12H2,1-4H3/t15?,18?,19-,23-/m1/s1. The third kappa shape index (κ3) is 4.45. The fraction of sp³-hybridized carbons (Fsp3) is 0.696. The smallest absolute Gasteiger partial charge is 0.308 e. The Morgan fingerprint density at radius 2 is 2.04 bits per heavy atom. The van der Waals surface area contributed by atoms with Crippen LogP contribution in [-0.4, -0.2) is 30.5 Å². The summed E-state index contributed by atoms with van der Waals surface area (Å²) in [6.07, 6.45) is 8.41. The number of carbonyl (C=O) groups excluding carboxylic acids is 1. The number of nitrogens with zero attached hydrogens (tertiary/aromatic N) is 1. The Bertz CT molecular complexity index is 689. The number of ether oxygens (including phenoxy) is 2. The summed E-state index contributed by atoms with van der Waals surface area (Å²) in [6, 6.07) is 3.88. The number of fused-ring (bicyclic) bond motifs is 3. The van der Waals surface area contributed by atoms with Crippen molar-refractivity contribution in [1.82, 2.24) is 0 Å². The Hall–Kier alpha value is -1.75. The average Bonchev–Trinajstić information content (AvgIpc) is 2.65. The molecule has 3 rings (SSSR count). The summed E-state index contributed by atoms with van der Waals surface area (Å²) in [4.78, 5) is 13.7. The number of hydrogen-bond donors (Lipinski definition) is 1. The molecule has 0 bridgehead atoms. The van der Waals surface area contributed by atoms with E-state index in [0.29, 0.717) is 11.5 Å². The predicted octanol–water partition coefficient (Wildman–Crippen LogP) is 5.00. The molecule has 1 saturated carbocycles. The Labute approximate surface area is 169 Å². The maximum atomic E-state index is 11.8. The molecule has 28 heavy (non-hydrogen) atoms. The minimum atomic E-state index is -0.514. The van der Waals surface area contributed by atoms with Crippen LogP contribution in [-0.2, 0) is 4.79 Å². The molecule has 2 aliphatic rings. The highest BCUT2D eigenvalue weighted by molar-refractivity contribution is 5.74. The quantitative estimate of drug-likeness (QED) is 0.404. The van der Waals surface area contributed by atoms with Crippen LogP contribution < -0.4 is 14.4 Å². The molecule has 1 aromatic rings. The van der Waals surface area contributed by atoms with Crippen LogP contribution in [0.5, 0.6) is 11.5 Å². The van der Waals surface area contributed by atoms with Crippen molar-refractivity contribution >= 4 is 11.7 Å². The molecule has 0 amide bonds. The molecule has 1 heterocycles. The Balaban J connectivity index is 1.94. The molecule has 5 nitrogen and oxygen atoms in total. The zero-order valence-corrected chi connectivity index (χ0v) is 17.7. The van der Waals surface area contributed by atoms with Crippen LogP contribution in [0.25, 0.3) is 0 Å². The van der Waals surface area contributed by atoms with Crippen LogP contribution in [0.4, 0.5) is 5.69 Å². The lowest BCUT2D eigenvalue weighted by atomic mass is 9.71. The zero-order valence-electron chi connectivity index (χ0n) is 17.7. The van der Waals surface area contributed by atoms with Gasteiger partial charge in [-0.3, -0.25) is 4.79 Å². The van der Waals surface area contributed by atoms with E-state index in [0.717, 1.165) is 49.8 Å². The van der Waals surface area contributed by atoms with E-state index in [2.05, 4.69) is 13.8 Å². The molecule has 1 N–H and O–H groups in total. The number of unbranched alkanes of at least 4 members (excludes halogenated alkanes) is 2. The molecule has 156 valence electrons. The first kappa shape index (κ1) is 21.0. The van der Waals surface area contributed by atoms with Crippen molar-refractivity contribution in [2.45, 2.75) is 90.4 Å². The Kier molecular flexibility index (Phi) is 6.86. The van der Waals surface area contributed by atoms with E-state index in [9.17, 15) is 9.90 Å². The van der Waals surface area contributed by atoms with Gasteiger partial charge in [-0.15, -0.1) is 0 Å². The van der Waals surface area contributed by atoms with Gasteiger partial charge in [-0.1, -0.05) is 32.6 Å². The average molecular weight is 390 g/mol. The fourth-order valence-corrected chi connectivity index (χ4v) is 4.84. The van der Waals surface area contributed by atoms with Crippen LogP contribution >= 0.6 is 0 Å². The van der Waals surface area contributed by atoms with E-state index in [4.69, 9.17) is 9.47 Å². The summed E-state index contributed by atoms with van der Waals surface area (Å²) < 4.78 is 11.8. The van der Waals surface area contributed by atoms with Crippen molar-refractivity contribution < 1.29 is 19.4 Å². The first-order chi connectivity index (χ1) is 13.4. The van der Waals surface area contributed by atoms with E-state index in [1.54, 1.807) is 0 Å². The van der Waals surface area contributed by atoms with Crippen molar-refractivity contribution in [2.75, 3.05) is 11.9 Å². The van der Waals surface area contributed by atoms with Crippen LogP contribution in [0.3, 0.4) is 0 Å². The molecule has 1 aliphatic heterocycles. The number of anilines is 1. The lowest BCUT2D eigenvalue weighted by Gasteiger charge is -2.46. The van der Waals surface area contributed by atoms with Crippen LogP contribution in [0.15, 0.2) is 12.1 Å². The normalized spacial score (nSPS) is 24.9. The van der Waals surface area contributed by atoms with Gasteiger partial charge < -0.3 is 19.5 Å². The summed E-state index contributed by atoms with van der Waals surface area (Å²) in [5.41, 5.74) is 1.98. The van der Waals surface area contributed by atoms with E-state index in [1.165, 1.54) is 19.8 Å². The van der Waals surface area contributed by atoms with E-state index in [-0.39, 0.29) is 23.9 Å². The highest BCUT2D eigenvalue weighted by Crippen LogP contribution is 2.52. The van der Waals surface area contributed by atoms with E-state index in [1.807, 2.05) is 24.1 Å². The summed E-state index contributed by atoms with van der Waals surface area (Å²) in [5.74, 6) is 1.38. The molecule has 0 aromatic heterocycles. The molecule has 0 spiro atoms. The van der Waals surface area contributed by atoms with Gasteiger partial charge in [-0.05, 0) is 38.5 Å². The number of carbonyl (C=O) groups is 1. The number of benzene rings is 1. The van der Waals surface area contributed by atoms with Gasteiger partial charge in [0.15, 0.2) is 0 Å². The number of aliphatic hydroxyl groups is 1. The molecular weight excluding hydrogens is 354 g/mol.